The van der Waals surface area contributed by atoms with E-state index >= 15 is 0 Å². The molecule has 100 valence electrons. The maximum atomic E-state index is 12.9. The van der Waals surface area contributed by atoms with Gasteiger partial charge in [-0.3, -0.25) is 4.79 Å². The molecule has 1 rings (SSSR count). The maximum Gasteiger partial charge on any atom is 0.248 e. The number of halogens is 3. The van der Waals surface area contributed by atoms with Gasteiger partial charge < -0.3 is 5.32 Å². The van der Waals surface area contributed by atoms with Crippen LogP contribution in [-0.4, -0.2) is 23.8 Å². The van der Waals surface area contributed by atoms with Gasteiger partial charge in [0.25, 0.3) is 0 Å². The van der Waals surface area contributed by atoms with Crippen molar-refractivity contribution < 1.29 is 13.6 Å². The second-order valence-electron chi connectivity index (χ2n) is 5.06. The van der Waals surface area contributed by atoms with Crippen LogP contribution < -0.4 is 5.32 Å². The van der Waals surface area contributed by atoms with Crippen LogP contribution in [0.5, 0.6) is 0 Å². The molecule has 0 heterocycles. The van der Waals surface area contributed by atoms with E-state index in [1.54, 1.807) is 0 Å². The molecule has 1 aliphatic carbocycles. The molecule has 1 aliphatic rings. The summed E-state index contributed by atoms with van der Waals surface area (Å²) in [5, 5.41) is 2.86. The van der Waals surface area contributed by atoms with Crippen molar-refractivity contribution in [2.24, 2.45) is 11.8 Å². The zero-order valence-corrected chi connectivity index (χ0v) is 11.1. The van der Waals surface area contributed by atoms with Crippen LogP contribution in [0.4, 0.5) is 8.78 Å². The molecule has 2 unspecified atom stereocenters. The molecule has 1 N–H and O–H groups in total. The van der Waals surface area contributed by atoms with E-state index in [0.29, 0.717) is 5.88 Å². The van der Waals surface area contributed by atoms with Gasteiger partial charge >= 0.3 is 0 Å². The third-order valence-corrected chi connectivity index (χ3v) is 4.04. The van der Waals surface area contributed by atoms with Gasteiger partial charge in [-0.1, -0.05) is 6.92 Å². The first kappa shape index (κ1) is 14.7. The Balaban J connectivity index is 2.39. The summed E-state index contributed by atoms with van der Waals surface area (Å²) in [6.07, 6.45) is 0.205. The van der Waals surface area contributed by atoms with E-state index < -0.39 is 5.92 Å². The van der Waals surface area contributed by atoms with Crippen molar-refractivity contribution in [1.29, 1.82) is 0 Å². The average Bonchev–Trinajstić information content (AvgIpc) is 2.27. The second kappa shape index (κ2) is 5.98. The van der Waals surface area contributed by atoms with E-state index in [4.69, 9.17) is 11.6 Å². The minimum atomic E-state index is -2.58. The van der Waals surface area contributed by atoms with Gasteiger partial charge in [0.05, 0.1) is 0 Å². The lowest BCUT2D eigenvalue weighted by atomic mass is 9.86. The molecule has 0 bridgehead atoms. The fourth-order valence-corrected chi connectivity index (χ4v) is 2.19. The summed E-state index contributed by atoms with van der Waals surface area (Å²) in [6.45, 7) is 3.84. The van der Waals surface area contributed by atoms with Crippen LogP contribution in [0.2, 0.25) is 0 Å². The minimum absolute atomic E-state index is 0.0116. The van der Waals surface area contributed by atoms with E-state index in [1.165, 1.54) is 0 Å². The van der Waals surface area contributed by atoms with Gasteiger partial charge in [0.15, 0.2) is 0 Å². The Kier molecular flexibility index (Phi) is 5.17. The fraction of sp³-hybridized carbons (Fsp3) is 0.917. The standard InChI is InChI=1S/C12H20ClF2NO/c1-8(7-13)9(2)16-11(17)10-3-5-12(14,15)6-4-10/h8-10H,3-7H2,1-2H3,(H,16,17). The highest BCUT2D eigenvalue weighted by molar-refractivity contribution is 6.18. The molecule has 1 saturated carbocycles. The predicted octanol–water partition coefficient (Wildman–Crippen LogP) is 3.19. The van der Waals surface area contributed by atoms with E-state index in [-0.39, 0.29) is 49.5 Å². The van der Waals surface area contributed by atoms with E-state index in [0.717, 1.165) is 0 Å². The van der Waals surface area contributed by atoms with Crippen molar-refractivity contribution in [2.45, 2.75) is 51.5 Å². The molecule has 0 aromatic heterocycles. The number of carbonyl (C=O) groups is 1. The third kappa shape index (κ3) is 4.41. The van der Waals surface area contributed by atoms with Crippen LogP contribution >= 0.6 is 11.6 Å². The lowest BCUT2D eigenvalue weighted by molar-refractivity contribution is -0.130. The molecule has 17 heavy (non-hydrogen) atoms. The Morgan fingerprint density at radius 3 is 2.41 bits per heavy atom. The van der Waals surface area contributed by atoms with Crippen molar-refractivity contribution in [2.75, 3.05) is 5.88 Å². The number of nitrogens with one attached hydrogen (secondary N) is 1. The maximum absolute atomic E-state index is 12.9. The SMILES string of the molecule is CC(CCl)C(C)NC(=O)C1CCC(F)(F)CC1. The van der Waals surface area contributed by atoms with E-state index in [1.807, 2.05) is 13.8 Å². The zero-order valence-electron chi connectivity index (χ0n) is 10.3. The molecule has 2 atom stereocenters. The molecule has 0 saturated heterocycles. The van der Waals surface area contributed by atoms with Gasteiger partial charge in [-0.05, 0) is 25.7 Å². The van der Waals surface area contributed by atoms with Crippen LogP contribution in [0.25, 0.3) is 0 Å². The summed E-state index contributed by atoms with van der Waals surface area (Å²) in [4.78, 5) is 11.8. The lowest BCUT2D eigenvalue weighted by Crippen LogP contribution is -2.43. The molecule has 0 radical (unpaired) electrons. The number of alkyl halides is 3. The monoisotopic (exact) mass is 267 g/mol. The Bertz CT molecular complexity index is 263. The highest BCUT2D eigenvalue weighted by Crippen LogP contribution is 2.36. The summed E-state index contributed by atoms with van der Waals surface area (Å²) in [5.74, 6) is -2.29. The van der Waals surface area contributed by atoms with Crippen LogP contribution in [0.3, 0.4) is 0 Å². The van der Waals surface area contributed by atoms with Crippen LogP contribution in [0, 0.1) is 11.8 Å². The van der Waals surface area contributed by atoms with Crippen molar-refractivity contribution in [3.05, 3.63) is 0 Å². The van der Waals surface area contributed by atoms with E-state index in [9.17, 15) is 13.6 Å². The molecule has 2 nitrogen and oxygen atoms in total. The molecular weight excluding hydrogens is 248 g/mol. The fourth-order valence-electron chi connectivity index (χ4n) is 1.92. The Labute approximate surface area is 106 Å². The smallest absolute Gasteiger partial charge is 0.248 e. The number of carbonyl (C=O) groups excluding carboxylic acids is 1. The summed E-state index contributed by atoms with van der Waals surface area (Å²) in [6, 6.07) is -0.0116. The quantitative estimate of drug-likeness (QED) is 0.779. The molecule has 0 spiro atoms. The third-order valence-electron chi connectivity index (χ3n) is 3.55. The minimum Gasteiger partial charge on any atom is -0.353 e. The van der Waals surface area contributed by atoms with Crippen molar-refractivity contribution in [3.8, 4) is 0 Å². The first-order valence-corrected chi connectivity index (χ1v) is 6.63. The molecule has 0 aromatic carbocycles. The van der Waals surface area contributed by atoms with Gasteiger partial charge in [-0.15, -0.1) is 11.6 Å². The van der Waals surface area contributed by atoms with Gasteiger partial charge in [-0.2, -0.15) is 0 Å². The van der Waals surface area contributed by atoms with Gasteiger partial charge in [-0.25, -0.2) is 8.78 Å². The van der Waals surface area contributed by atoms with Crippen LogP contribution in [-0.2, 0) is 4.79 Å². The van der Waals surface area contributed by atoms with E-state index in [2.05, 4.69) is 5.32 Å². The normalized spacial score (nSPS) is 24.1. The number of amides is 1. The Morgan fingerprint density at radius 1 is 1.41 bits per heavy atom. The van der Waals surface area contributed by atoms with Crippen molar-refractivity contribution in [3.63, 3.8) is 0 Å². The summed E-state index contributed by atoms with van der Waals surface area (Å²) in [7, 11) is 0. The lowest BCUT2D eigenvalue weighted by Gasteiger charge is -2.29. The first-order valence-electron chi connectivity index (χ1n) is 6.10. The second-order valence-corrected chi connectivity index (χ2v) is 5.37. The van der Waals surface area contributed by atoms with Gasteiger partial charge in [0.2, 0.25) is 11.8 Å². The van der Waals surface area contributed by atoms with Gasteiger partial charge in [0, 0.05) is 30.7 Å². The Hall–Kier alpha value is -0.380. The zero-order chi connectivity index (χ0) is 13.1. The Morgan fingerprint density at radius 2 is 1.94 bits per heavy atom. The highest BCUT2D eigenvalue weighted by Gasteiger charge is 2.37. The molecule has 1 fully saturated rings. The molecule has 0 aliphatic heterocycles. The van der Waals surface area contributed by atoms with Crippen LogP contribution in [0.1, 0.15) is 39.5 Å². The molecule has 5 heteroatoms. The summed E-state index contributed by atoms with van der Waals surface area (Å²) >= 11 is 5.70. The number of hydrogen-bond acceptors (Lipinski definition) is 1. The average molecular weight is 268 g/mol. The number of hydrogen-bond donors (Lipinski definition) is 1. The summed E-state index contributed by atoms with van der Waals surface area (Å²) < 4.78 is 25.9. The molecule has 1 amide bonds. The molecular formula is C12H20ClF2NO. The summed E-state index contributed by atoms with van der Waals surface area (Å²) in [5.41, 5.74) is 0. The van der Waals surface area contributed by atoms with Crippen molar-refractivity contribution in [1.82, 2.24) is 5.32 Å². The van der Waals surface area contributed by atoms with Gasteiger partial charge in [0.1, 0.15) is 0 Å². The molecule has 0 aromatic rings. The highest BCUT2D eigenvalue weighted by atomic mass is 35.5. The first-order chi connectivity index (χ1) is 7.85. The predicted molar refractivity (Wildman–Crippen MR) is 64.4 cm³/mol. The number of rotatable bonds is 4. The topological polar surface area (TPSA) is 29.1 Å². The largest absolute Gasteiger partial charge is 0.353 e. The van der Waals surface area contributed by atoms with Crippen LogP contribution in [0.15, 0.2) is 0 Å². The van der Waals surface area contributed by atoms with Crippen molar-refractivity contribution >= 4 is 17.5 Å².